The molecule has 0 spiro atoms. The Labute approximate surface area is 174 Å². The van der Waals surface area contributed by atoms with Gasteiger partial charge >= 0.3 is 0 Å². The molecule has 1 N–H and O–H groups in total. The van der Waals surface area contributed by atoms with Crippen molar-refractivity contribution in [2.24, 2.45) is 0 Å². The minimum atomic E-state index is -0.727. The lowest BCUT2D eigenvalue weighted by atomic mass is 9.98. The van der Waals surface area contributed by atoms with Crippen LogP contribution < -0.4 is 0 Å². The summed E-state index contributed by atoms with van der Waals surface area (Å²) in [5, 5.41) is 11.0. The molecule has 1 amide bonds. The minimum Gasteiger partial charge on any atom is -0.507 e. The summed E-state index contributed by atoms with van der Waals surface area (Å²) in [5.41, 5.74) is 2.16. The van der Waals surface area contributed by atoms with Crippen molar-refractivity contribution >= 4 is 17.4 Å². The smallest absolute Gasteiger partial charge is 0.295 e. The number of aliphatic hydroxyl groups excluding tert-OH is 1. The third-order valence-electron chi connectivity index (χ3n) is 5.21. The molecule has 0 unspecified atom stereocenters. The van der Waals surface area contributed by atoms with Crippen LogP contribution in [0, 0.1) is 6.92 Å². The second-order valence-electron chi connectivity index (χ2n) is 7.27. The van der Waals surface area contributed by atoms with Crippen LogP contribution in [0.2, 0.25) is 0 Å². The predicted octanol–water partition coefficient (Wildman–Crippen LogP) is 3.10. The molecule has 7 nitrogen and oxygen atoms in total. The largest absolute Gasteiger partial charge is 0.507 e. The molecule has 7 heteroatoms. The number of rotatable bonds is 6. The Morgan fingerprint density at radius 2 is 1.87 bits per heavy atom. The average Bonchev–Trinajstić information content (AvgIpc) is 3.37. The van der Waals surface area contributed by atoms with Crippen LogP contribution in [-0.2, 0) is 16.1 Å². The van der Waals surface area contributed by atoms with E-state index in [4.69, 9.17) is 0 Å². The molecule has 2 aromatic heterocycles. The number of amides is 1. The summed E-state index contributed by atoms with van der Waals surface area (Å²) in [6, 6.07) is 11.8. The molecule has 1 fully saturated rings. The van der Waals surface area contributed by atoms with Crippen LogP contribution in [0.5, 0.6) is 0 Å². The number of carbonyl (C=O) groups excluding carboxylic acids is 2. The summed E-state index contributed by atoms with van der Waals surface area (Å²) in [6.45, 7) is 2.96. The molecular weight excluding hydrogens is 380 g/mol. The van der Waals surface area contributed by atoms with Crippen molar-refractivity contribution in [3.05, 3.63) is 89.8 Å². The first-order valence-electron chi connectivity index (χ1n) is 9.78. The first-order valence-corrected chi connectivity index (χ1v) is 9.78. The number of imidazole rings is 1. The molecule has 0 aliphatic carbocycles. The maximum Gasteiger partial charge on any atom is 0.295 e. The fourth-order valence-electron chi connectivity index (χ4n) is 3.67. The summed E-state index contributed by atoms with van der Waals surface area (Å²) in [5.74, 6) is -1.49. The second-order valence-corrected chi connectivity index (χ2v) is 7.27. The van der Waals surface area contributed by atoms with Crippen LogP contribution in [0.1, 0.15) is 29.3 Å². The molecule has 1 saturated heterocycles. The normalized spacial score (nSPS) is 18.2. The fourth-order valence-corrected chi connectivity index (χ4v) is 3.67. The number of carbonyl (C=O) groups is 2. The van der Waals surface area contributed by atoms with Crippen LogP contribution >= 0.6 is 0 Å². The van der Waals surface area contributed by atoms with E-state index in [-0.39, 0.29) is 11.3 Å². The zero-order valence-corrected chi connectivity index (χ0v) is 16.6. The fraction of sp³-hybridized carbons (Fsp3) is 0.217. The second kappa shape index (κ2) is 8.32. The molecule has 30 heavy (non-hydrogen) atoms. The number of aryl methyl sites for hydroxylation is 2. The summed E-state index contributed by atoms with van der Waals surface area (Å²) < 4.78 is 1.92. The summed E-state index contributed by atoms with van der Waals surface area (Å²) in [4.78, 5) is 35.7. The highest BCUT2D eigenvalue weighted by atomic mass is 16.3. The monoisotopic (exact) mass is 402 g/mol. The summed E-state index contributed by atoms with van der Waals surface area (Å²) in [7, 11) is 0. The highest BCUT2D eigenvalue weighted by Gasteiger charge is 2.46. The number of aliphatic hydroxyl groups is 1. The van der Waals surface area contributed by atoms with Gasteiger partial charge in [0.25, 0.3) is 11.7 Å². The van der Waals surface area contributed by atoms with Crippen LogP contribution in [0.3, 0.4) is 0 Å². The highest BCUT2D eigenvalue weighted by molar-refractivity contribution is 6.46. The first kappa shape index (κ1) is 19.6. The quantitative estimate of drug-likeness (QED) is 0.389. The number of hydrogen-bond donors (Lipinski definition) is 1. The standard InChI is InChI=1S/C23H22N4O3/c1-16-6-8-17(9-7-16)21(28)19-20(18-5-2-3-10-25-18)27(23(30)22(19)29)13-4-12-26-14-11-24-15-26/h2-3,5-11,14-15,20,28H,4,12-13H2,1H3/t20-/m0/s1. The molecule has 0 bridgehead atoms. The molecule has 1 aliphatic rings. The number of hydrogen-bond acceptors (Lipinski definition) is 5. The number of nitrogens with zero attached hydrogens (tertiary/aromatic N) is 4. The van der Waals surface area contributed by atoms with Crippen molar-refractivity contribution in [2.45, 2.75) is 25.9 Å². The van der Waals surface area contributed by atoms with Gasteiger partial charge in [-0.25, -0.2) is 4.98 Å². The molecule has 3 aromatic rings. The van der Waals surface area contributed by atoms with Gasteiger partial charge in [-0.2, -0.15) is 0 Å². The maximum absolute atomic E-state index is 12.9. The lowest BCUT2D eigenvalue weighted by molar-refractivity contribution is -0.140. The number of likely N-dealkylation sites (tertiary alicyclic amines) is 1. The van der Waals surface area contributed by atoms with Gasteiger partial charge in [0, 0.05) is 37.2 Å². The molecule has 4 rings (SSSR count). The predicted molar refractivity (Wildman–Crippen MR) is 111 cm³/mol. The lowest BCUT2D eigenvalue weighted by Crippen LogP contribution is -2.31. The van der Waals surface area contributed by atoms with Gasteiger partial charge in [-0.3, -0.25) is 14.6 Å². The Bertz CT molecular complexity index is 1070. The SMILES string of the molecule is Cc1ccc(C(O)=C2C(=O)C(=O)N(CCCn3ccnc3)[C@H]2c2ccccn2)cc1. The minimum absolute atomic E-state index is 0.0742. The van der Waals surface area contributed by atoms with Gasteiger partial charge in [-0.05, 0) is 25.5 Å². The third kappa shape index (κ3) is 3.74. The summed E-state index contributed by atoms with van der Waals surface area (Å²) in [6.07, 6.45) is 7.51. The van der Waals surface area contributed by atoms with Crippen molar-refractivity contribution in [3.8, 4) is 0 Å². The van der Waals surface area contributed by atoms with E-state index in [1.165, 1.54) is 4.90 Å². The van der Waals surface area contributed by atoms with E-state index in [9.17, 15) is 14.7 Å². The van der Waals surface area contributed by atoms with Crippen LogP contribution in [0.4, 0.5) is 0 Å². The lowest BCUT2D eigenvalue weighted by Gasteiger charge is -2.24. The van der Waals surface area contributed by atoms with Crippen LogP contribution in [0.15, 0.2) is 73.0 Å². The van der Waals surface area contributed by atoms with Crippen LogP contribution in [-0.4, -0.2) is 42.8 Å². The van der Waals surface area contributed by atoms with Crippen LogP contribution in [0.25, 0.3) is 5.76 Å². The van der Waals surface area contributed by atoms with Crippen molar-refractivity contribution in [3.63, 3.8) is 0 Å². The van der Waals surface area contributed by atoms with E-state index in [0.717, 1.165) is 5.56 Å². The number of aromatic nitrogens is 3. The molecule has 1 atom stereocenters. The molecule has 0 saturated carbocycles. The zero-order chi connectivity index (χ0) is 21.1. The Hall–Kier alpha value is -3.74. The molecule has 3 heterocycles. The van der Waals surface area contributed by atoms with Crippen molar-refractivity contribution in [1.82, 2.24) is 19.4 Å². The Morgan fingerprint density at radius 1 is 1.07 bits per heavy atom. The number of benzene rings is 1. The highest BCUT2D eigenvalue weighted by Crippen LogP contribution is 2.38. The molecule has 0 radical (unpaired) electrons. The zero-order valence-electron chi connectivity index (χ0n) is 16.6. The molecular formula is C23H22N4O3. The van der Waals surface area contributed by atoms with E-state index in [0.29, 0.717) is 30.8 Å². The average molecular weight is 402 g/mol. The van der Waals surface area contributed by atoms with Crippen molar-refractivity contribution < 1.29 is 14.7 Å². The van der Waals surface area contributed by atoms with Gasteiger partial charge in [-0.1, -0.05) is 35.9 Å². The topological polar surface area (TPSA) is 88.3 Å². The number of pyridine rings is 1. The van der Waals surface area contributed by atoms with Crippen molar-refractivity contribution in [2.75, 3.05) is 6.54 Å². The number of Topliss-reactive ketones (excluding diaryl/α,β-unsaturated/α-hetero) is 1. The molecule has 152 valence electrons. The van der Waals surface area contributed by atoms with E-state index in [1.54, 1.807) is 49.1 Å². The van der Waals surface area contributed by atoms with E-state index in [2.05, 4.69) is 9.97 Å². The van der Waals surface area contributed by atoms with Gasteiger partial charge in [0.05, 0.1) is 17.6 Å². The molecule has 1 aromatic carbocycles. The van der Waals surface area contributed by atoms with Gasteiger partial charge in [-0.15, -0.1) is 0 Å². The maximum atomic E-state index is 12.9. The van der Waals surface area contributed by atoms with Gasteiger partial charge < -0.3 is 14.6 Å². The van der Waals surface area contributed by atoms with Gasteiger partial charge in [0.2, 0.25) is 0 Å². The van der Waals surface area contributed by atoms with Crippen molar-refractivity contribution in [1.29, 1.82) is 0 Å². The number of ketones is 1. The van der Waals surface area contributed by atoms with E-state index >= 15 is 0 Å². The van der Waals surface area contributed by atoms with E-state index in [1.807, 2.05) is 29.8 Å². The first-order chi connectivity index (χ1) is 14.6. The molecule has 1 aliphatic heterocycles. The van der Waals surface area contributed by atoms with E-state index < -0.39 is 17.7 Å². The van der Waals surface area contributed by atoms with Gasteiger partial charge in [0.1, 0.15) is 11.8 Å². The van der Waals surface area contributed by atoms with Gasteiger partial charge in [0.15, 0.2) is 0 Å². The third-order valence-corrected chi connectivity index (χ3v) is 5.21. The Morgan fingerprint density at radius 3 is 2.53 bits per heavy atom. The Kier molecular flexibility index (Phi) is 5.43. The Balaban J connectivity index is 1.71. The summed E-state index contributed by atoms with van der Waals surface area (Å²) >= 11 is 0.